The van der Waals surface area contributed by atoms with Crippen LogP contribution in [-0.2, 0) is 6.54 Å². The normalized spacial score (nSPS) is 11.2. The van der Waals surface area contributed by atoms with Crippen LogP contribution in [-0.4, -0.2) is 27.3 Å². The van der Waals surface area contributed by atoms with Crippen LogP contribution < -0.4 is 5.32 Å². The molecule has 130 valence electrons. The quantitative estimate of drug-likeness (QED) is 0.673. The Hall–Kier alpha value is -2.27. The number of hydrogen-bond acceptors (Lipinski definition) is 3. The van der Waals surface area contributed by atoms with Gasteiger partial charge in [-0.3, -0.25) is 4.79 Å². The number of benzene rings is 2. The van der Waals surface area contributed by atoms with Gasteiger partial charge in [0.25, 0.3) is 5.91 Å². The lowest BCUT2D eigenvalue weighted by Crippen LogP contribution is -2.28. The van der Waals surface area contributed by atoms with Crippen molar-refractivity contribution in [3.05, 3.63) is 59.9 Å². The number of nitrogens with zero attached hydrogens (tertiary/aromatic N) is 2. The lowest BCUT2D eigenvalue weighted by Gasteiger charge is -2.12. The van der Waals surface area contributed by atoms with Gasteiger partial charge in [-0.05, 0) is 31.2 Å². The van der Waals surface area contributed by atoms with E-state index in [0.29, 0.717) is 18.3 Å². The van der Waals surface area contributed by atoms with Crippen molar-refractivity contribution in [2.24, 2.45) is 0 Å². The van der Waals surface area contributed by atoms with Crippen LogP contribution >= 0.6 is 11.8 Å². The Labute approximate surface area is 152 Å². The van der Waals surface area contributed by atoms with Crippen molar-refractivity contribution in [3.8, 4) is 0 Å². The third-order valence-electron chi connectivity index (χ3n) is 3.96. The van der Waals surface area contributed by atoms with Gasteiger partial charge >= 0.3 is 0 Å². The molecule has 5 heteroatoms. The molecule has 0 spiro atoms. The van der Waals surface area contributed by atoms with Crippen LogP contribution in [0.2, 0.25) is 0 Å². The van der Waals surface area contributed by atoms with Gasteiger partial charge in [0.05, 0.1) is 16.6 Å². The number of imidazole rings is 1. The molecule has 0 aliphatic rings. The first-order chi connectivity index (χ1) is 12.1. The Bertz CT molecular complexity index is 886. The van der Waals surface area contributed by atoms with Gasteiger partial charge in [-0.25, -0.2) is 4.98 Å². The van der Waals surface area contributed by atoms with Gasteiger partial charge in [-0.1, -0.05) is 38.1 Å². The third kappa shape index (κ3) is 4.04. The van der Waals surface area contributed by atoms with E-state index in [4.69, 9.17) is 0 Å². The van der Waals surface area contributed by atoms with Crippen LogP contribution in [0.1, 0.15) is 30.0 Å². The lowest BCUT2D eigenvalue weighted by molar-refractivity contribution is 0.0949. The second-order valence-electron chi connectivity index (χ2n) is 6.22. The third-order valence-corrected chi connectivity index (χ3v) is 5.04. The fourth-order valence-electron chi connectivity index (χ4n) is 2.87. The van der Waals surface area contributed by atoms with Crippen LogP contribution in [0.3, 0.4) is 0 Å². The van der Waals surface area contributed by atoms with Crippen molar-refractivity contribution in [3.63, 3.8) is 0 Å². The van der Waals surface area contributed by atoms with E-state index in [2.05, 4.69) is 34.8 Å². The summed E-state index contributed by atoms with van der Waals surface area (Å²) in [5, 5.41) is 3.48. The predicted molar refractivity (Wildman–Crippen MR) is 104 cm³/mol. The van der Waals surface area contributed by atoms with Crippen molar-refractivity contribution in [1.29, 1.82) is 0 Å². The first kappa shape index (κ1) is 17.5. The molecule has 0 aliphatic heterocycles. The SMILES string of the molecule is Cc1nc2ccccc2n1CCNC(=O)c1ccccc1SC(C)C. The van der Waals surface area contributed by atoms with Crippen LogP contribution in [0.15, 0.2) is 53.4 Å². The maximum Gasteiger partial charge on any atom is 0.252 e. The zero-order valence-corrected chi connectivity index (χ0v) is 15.6. The van der Waals surface area contributed by atoms with Crippen LogP contribution in [0, 0.1) is 6.92 Å². The second-order valence-corrected chi connectivity index (χ2v) is 7.84. The van der Waals surface area contributed by atoms with Gasteiger partial charge in [-0.2, -0.15) is 0 Å². The van der Waals surface area contributed by atoms with Crippen molar-refractivity contribution in [2.75, 3.05) is 6.54 Å². The zero-order chi connectivity index (χ0) is 17.8. The van der Waals surface area contributed by atoms with E-state index in [0.717, 1.165) is 27.3 Å². The molecule has 4 nitrogen and oxygen atoms in total. The van der Waals surface area contributed by atoms with Crippen molar-refractivity contribution < 1.29 is 4.79 Å². The minimum absolute atomic E-state index is 0.0224. The van der Waals surface area contributed by atoms with Gasteiger partial charge < -0.3 is 9.88 Å². The lowest BCUT2D eigenvalue weighted by atomic mass is 10.2. The second kappa shape index (κ2) is 7.74. The molecule has 0 aliphatic carbocycles. The highest BCUT2D eigenvalue weighted by atomic mass is 32.2. The summed E-state index contributed by atoms with van der Waals surface area (Å²) in [6, 6.07) is 15.9. The summed E-state index contributed by atoms with van der Waals surface area (Å²) < 4.78 is 2.14. The molecule has 0 bridgehead atoms. The van der Waals surface area contributed by atoms with E-state index in [9.17, 15) is 4.79 Å². The molecule has 0 unspecified atom stereocenters. The first-order valence-electron chi connectivity index (χ1n) is 8.52. The molecule has 3 aromatic rings. The average Bonchev–Trinajstić information content (AvgIpc) is 2.90. The maximum atomic E-state index is 12.6. The van der Waals surface area contributed by atoms with E-state index in [1.807, 2.05) is 49.4 Å². The number of carbonyl (C=O) groups excluding carboxylic acids is 1. The van der Waals surface area contributed by atoms with Crippen LogP contribution in [0.25, 0.3) is 11.0 Å². The standard InChI is InChI=1S/C20H23N3OS/c1-14(2)25-19-11-7-4-8-16(19)20(24)21-12-13-23-15(3)22-17-9-5-6-10-18(17)23/h4-11,14H,12-13H2,1-3H3,(H,21,24). The summed E-state index contributed by atoms with van der Waals surface area (Å²) in [6.45, 7) is 7.53. The number of carbonyl (C=O) groups is 1. The van der Waals surface area contributed by atoms with Crippen molar-refractivity contribution in [1.82, 2.24) is 14.9 Å². The minimum Gasteiger partial charge on any atom is -0.350 e. The van der Waals surface area contributed by atoms with Gasteiger partial charge in [0, 0.05) is 23.2 Å². The molecule has 25 heavy (non-hydrogen) atoms. The monoisotopic (exact) mass is 353 g/mol. The molecule has 2 aromatic carbocycles. The maximum absolute atomic E-state index is 12.6. The van der Waals surface area contributed by atoms with E-state index in [1.54, 1.807) is 11.8 Å². The summed E-state index contributed by atoms with van der Waals surface area (Å²) in [5.41, 5.74) is 2.84. The molecule has 0 radical (unpaired) electrons. The minimum atomic E-state index is -0.0224. The van der Waals surface area contributed by atoms with E-state index in [-0.39, 0.29) is 5.91 Å². The number of rotatable bonds is 6. The van der Waals surface area contributed by atoms with Crippen molar-refractivity contribution in [2.45, 2.75) is 37.5 Å². The highest BCUT2D eigenvalue weighted by Gasteiger charge is 2.12. The topological polar surface area (TPSA) is 46.9 Å². The molecule has 0 atom stereocenters. The Balaban J connectivity index is 1.68. The average molecular weight is 353 g/mol. The summed E-state index contributed by atoms with van der Waals surface area (Å²) in [7, 11) is 0. The van der Waals surface area contributed by atoms with E-state index < -0.39 is 0 Å². The molecule has 1 amide bonds. The number of amides is 1. The summed E-state index contributed by atoms with van der Waals surface area (Å²) >= 11 is 1.71. The molecular weight excluding hydrogens is 330 g/mol. The Kier molecular flexibility index (Phi) is 5.43. The number of thioether (sulfide) groups is 1. The van der Waals surface area contributed by atoms with Crippen LogP contribution in [0.5, 0.6) is 0 Å². The van der Waals surface area contributed by atoms with Crippen molar-refractivity contribution >= 4 is 28.7 Å². The fraction of sp³-hybridized carbons (Fsp3) is 0.300. The largest absolute Gasteiger partial charge is 0.350 e. The van der Waals surface area contributed by atoms with Gasteiger partial charge in [0.2, 0.25) is 0 Å². The fourth-order valence-corrected chi connectivity index (χ4v) is 3.82. The zero-order valence-electron chi connectivity index (χ0n) is 14.8. The predicted octanol–water partition coefficient (Wildman–Crippen LogP) is 4.28. The molecule has 0 fully saturated rings. The van der Waals surface area contributed by atoms with E-state index in [1.165, 1.54) is 0 Å². The van der Waals surface area contributed by atoms with Gasteiger partial charge in [0.15, 0.2) is 0 Å². The van der Waals surface area contributed by atoms with Gasteiger partial charge in [0.1, 0.15) is 5.82 Å². The number of hydrogen-bond donors (Lipinski definition) is 1. The Morgan fingerprint density at radius 3 is 2.68 bits per heavy atom. The molecule has 1 N–H and O–H groups in total. The molecule has 3 rings (SSSR count). The molecule has 0 saturated heterocycles. The van der Waals surface area contributed by atoms with Crippen LogP contribution in [0.4, 0.5) is 0 Å². The molecule has 1 aromatic heterocycles. The highest BCUT2D eigenvalue weighted by Crippen LogP contribution is 2.26. The number of para-hydroxylation sites is 2. The molecule has 1 heterocycles. The Morgan fingerprint density at radius 2 is 1.88 bits per heavy atom. The molecule has 0 saturated carbocycles. The molecular formula is C20H23N3OS. The number of fused-ring (bicyclic) bond motifs is 1. The smallest absolute Gasteiger partial charge is 0.252 e. The number of aryl methyl sites for hydroxylation is 1. The summed E-state index contributed by atoms with van der Waals surface area (Å²) in [5.74, 6) is 0.942. The van der Waals surface area contributed by atoms with E-state index >= 15 is 0 Å². The highest BCUT2D eigenvalue weighted by molar-refractivity contribution is 8.00. The summed E-state index contributed by atoms with van der Waals surface area (Å²) in [4.78, 5) is 18.2. The number of aromatic nitrogens is 2. The number of nitrogens with one attached hydrogen (secondary N) is 1. The summed E-state index contributed by atoms with van der Waals surface area (Å²) in [6.07, 6.45) is 0. The van der Waals surface area contributed by atoms with Gasteiger partial charge in [-0.15, -0.1) is 11.8 Å². The Morgan fingerprint density at radius 1 is 1.16 bits per heavy atom. The first-order valence-corrected chi connectivity index (χ1v) is 9.40.